The summed E-state index contributed by atoms with van der Waals surface area (Å²) in [4.78, 5) is 31.4. The van der Waals surface area contributed by atoms with Crippen LogP contribution in [0.1, 0.15) is 23.7 Å². The Bertz CT molecular complexity index is 1030. The molecule has 0 aliphatic carbocycles. The first-order chi connectivity index (χ1) is 15.0. The molecule has 1 amide bonds. The van der Waals surface area contributed by atoms with Gasteiger partial charge in [-0.05, 0) is 50.3 Å². The van der Waals surface area contributed by atoms with E-state index in [1.54, 1.807) is 12.1 Å². The largest absolute Gasteiger partial charge is 0.366 e. The van der Waals surface area contributed by atoms with Crippen LogP contribution in [0.2, 0.25) is 0 Å². The highest BCUT2D eigenvalue weighted by molar-refractivity contribution is 6.04. The fourth-order valence-electron chi connectivity index (χ4n) is 4.09. The van der Waals surface area contributed by atoms with Crippen LogP contribution in [0.3, 0.4) is 0 Å². The lowest BCUT2D eigenvalue weighted by Gasteiger charge is -2.25. The number of benzene rings is 1. The van der Waals surface area contributed by atoms with E-state index in [0.717, 1.165) is 56.2 Å². The van der Waals surface area contributed by atoms with E-state index in [9.17, 15) is 4.79 Å². The van der Waals surface area contributed by atoms with Crippen LogP contribution in [0.4, 0.5) is 5.82 Å². The molecule has 1 fully saturated rings. The molecule has 8 nitrogen and oxygen atoms in total. The zero-order valence-corrected chi connectivity index (χ0v) is 18.3. The maximum Gasteiger partial charge on any atom is 0.250 e. The zero-order valence-electron chi connectivity index (χ0n) is 18.3. The van der Waals surface area contributed by atoms with Crippen molar-refractivity contribution >= 4 is 22.8 Å². The highest BCUT2D eigenvalue weighted by Crippen LogP contribution is 2.23. The number of amides is 1. The van der Waals surface area contributed by atoms with Gasteiger partial charge in [-0.2, -0.15) is 0 Å². The summed E-state index contributed by atoms with van der Waals surface area (Å²) in [6.07, 6.45) is 3.05. The molecule has 2 aromatic heterocycles. The summed E-state index contributed by atoms with van der Waals surface area (Å²) in [6.45, 7) is 10.0. The predicted octanol–water partition coefficient (Wildman–Crippen LogP) is 2.19. The lowest BCUT2D eigenvalue weighted by Crippen LogP contribution is -2.36. The number of nitrogens with two attached hydrogens (primary N) is 1. The Balaban J connectivity index is 1.40. The van der Waals surface area contributed by atoms with Crippen molar-refractivity contribution in [1.29, 1.82) is 0 Å². The van der Waals surface area contributed by atoms with Crippen LogP contribution in [0.5, 0.6) is 0 Å². The first-order valence-electron chi connectivity index (χ1n) is 11.0. The van der Waals surface area contributed by atoms with Crippen LogP contribution >= 0.6 is 0 Å². The molecule has 0 atom stereocenters. The minimum Gasteiger partial charge on any atom is -0.366 e. The Morgan fingerprint density at radius 2 is 1.97 bits per heavy atom. The minimum atomic E-state index is -0.481. The van der Waals surface area contributed by atoms with E-state index in [0.29, 0.717) is 16.9 Å². The molecule has 3 heterocycles. The van der Waals surface area contributed by atoms with E-state index in [1.165, 1.54) is 13.0 Å². The number of pyridine rings is 1. The van der Waals surface area contributed by atoms with Crippen LogP contribution < -0.4 is 10.6 Å². The van der Waals surface area contributed by atoms with Gasteiger partial charge in [0.25, 0.3) is 5.91 Å². The van der Waals surface area contributed by atoms with Gasteiger partial charge in [-0.15, -0.1) is 0 Å². The Kier molecular flexibility index (Phi) is 6.48. The number of hydrogen-bond donors (Lipinski definition) is 2. The summed E-state index contributed by atoms with van der Waals surface area (Å²) in [6, 6.07) is 9.39. The van der Waals surface area contributed by atoms with Crippen molar-refractivity contribution in [1.82, 2.24) is 24.8 Å². The quantitative estimate of drug-likeness (QED) is 0.607. The first-order valence-corrected chi connectivity index (χ1v) is 11.0. The smallest absolute Gasteiger partial charge is 0.250 e. The van der Waals surface area contributed by atoms with Crippen molar-refractivity contribution in [2.75, 3.05) is 57.8 Å². The molecule has 4 rings (SSSR count). The molecule has 8 heteroatoms. The molecule has 3 N–H and O–H groups in total. The summed E-state index contributed by atoms with van der Waals surface area (Å²) in [7, 11) is 2.08. The van der Waals surface area contributed by atoms with Crippen LogP contribution in [-0.4, -0.2) is 83.5 Å². The number of likely N-dealkylation sites (N-methyl/N-ethyl adjacent to an activating group) is 2. The average molecular weight is 422 g/mol. The van der Waals surface area contributed by atoms with Crippen molar-refractivity contribution in [3.8, 4) is 11.4 Å². The number of anilines is 1. The van der Waals surface area contributed by atoms with Gasteiger partial charge < -0.3 is 25.4 Å². The number of aromatic nitrogens is 3. The number of primary amides is 1. The number of imidazole rings is 1. The molecule has 0 spiro atoms. The Labute approximate surface area is 183 Å². The van der Waals surface area contributed by atoms with Gasteiger partial charge in [-0.3, -0.25) is 4.79 Å². The summed E-state index contributed by atoms with van der Waals surface area (Å²) in [5.74, 6) is 1.13. The van der Waals surface area contributed by atoms with E-state index in [-0.39, 0.29) is 0 Å². The molecule has 0 radical (unpaired) electrons. The molecule has 1 aromatic carbocycles. The number of aromatic amines is 1. The second kappa shape index (κ2) is 9.45. The zero-order chi connectivity index (χ0) is 21.8. The van der Waals surface area contributed by atoms with Crippen LogP contribution in [0.25, 0.3) is 22.4 Å². The lowest BCUT2D eigenvalue weighted by molar-refractivity contribution is 0.100. The number of rotatable bonds is 7. The molecule has 0 unspecified atom stereocenters. The molecule has 3 aromatic rings. The van der Waals surface area contributed by atoms with E-state index in [4.69, 9.17) is 5.73 Å². The molecule has 0 saturated carbocycles. The van der Waals surface area contributed by atoms with Crippen molar-refractivity contribution in [3.63, 3.8) is 0 Å². The van der Waals surface area contributed by atoms with Gasteiger partial charge in [0, 0.05) is 45.0 Å². The topological polar surface area (TPSA) is 94.4 Å². The van der Waals surface area contributed by atoms with Crippen molar-refractivity contribution in [3.05, 3.63) is 42.1 Å². The van der Waals surface area contributed by atoms with Gasteiger partial charge in [0.1, 0.15) is 17.2 Å². The fraction of sp³-hybridized carbons (Fsp3) is 0.435. The standard InChI is InChI=1S/C23H31N7O/c1-3-29-10-5-11-30(15-14-29)13-12-28(2)20-9-8-17(16-25-20)23-26-19-7-4-6-18(22(24)31)21(19)27-23/h4,6-9,16H,3,5,10-15H2,1-2H3,(H2,24,31)(H,26,27). The predicted molar refractivity (Wildman–Crippen MR) is 124 cm³/mol. The van der Waals surface area contributed by atoms with Crippen molar-refractivity contribution < 1.29 is 4.79 Å². The van der Waals surface area contributed by atoms with Crippen molar-refractivity contribution in [2.45, 2.75) is 13.3 Å². The third kappa shape index (κ3) is 4.86. The van der Waals surface area contributed by atoms with Gasteiger partial charge in [0.2, 0.25) is 0 Å². The van der Waals surface area contributed by atoms with Gasteiger partial charge in [0.05, 0.1) is 11.1 Å². The fourth-order valence-corrected chi connectivity index (χ4v) is 4.09. The molecule has 1 aliphatic heterocycles. The lowest BCUT2D eigenvalue weighted by atomic mass is 10.2. The number of carbonyl (C=O) groups excluding carboxylic acids is 1. The maximum absolute atomic E-state index is 11.7. The molecule has 1 aliphatic rings. The summed E-state index contributed by atoms with van der Waals surface area (Å²) >= 11 is 0. The first kappa shape index (κ1) is 21.3. The molecule has 31 heavy (non-hydrogen) atoms. The van der Waals surface area contributed by atoms with Crippen LogP contribution in [-0.2, 0) is 0 Å². The SMILES string of the molecule is CCN1CCCN(CCN(C)c2ccc(-c3nc4c(C(N)=O)cccc4[nH]3)cn2)CC1. The number of hydrogen-bond acceptors (Lipinski definition) is 6. The normalized spacial score (nSPS) is 15.8. The maximum atomic E-state index is 11.7. The van der Waals surface area contributed by atoms with Crippen LogP contribution in [0.15, 0.2) is 36.5 Å². The van der Waals surface area contributed by atoms with E-state index < -0.39 is 5.91 Å². The Hall–Kier alpha value is -2.97. The van der Waals surface area contributed by atoms with Gasteiger partial charge >= 0.3 is 0 Å². The Morgan fingerprint density at radius 1 is 1.16 bits per heavy atom. The molecule has 1 saturated heterocycles. The third-order valence-electron chi connectivity index (χ3n) is 6.07. The van der Waals surface area contributed by atoms with E-state index >= 15 is 0 Å². The number of H-pyrrole nitrogens is 1. The number of fused-ring (bicyclic) bond motifs is 1. The Morgan fingerprint density at radius 3 is 2.71 bits per heavy atom. The molecule has 0 bridgehead atoms. The number of nitrogens with one attached hydrogen (secondary N) is 1. The second-order valence-corrected chi connectivity index (χ2v) is 8.11. The minimum absolute atomic E-state index is 0.417. The second-order valence-electron chi connectivity index (χ2n) is 8.11. The number of para-hydroxylation sites is 1. The molecular weight excluding hydrogens is 390 g/mol. The summed E-state index contributed by atoms with van der Waals surface area (Å²) in [5.41, 5.74) is 8.13. The van der Waals surface area contributed by atoms with Crippen LogP contribution in [0, 0.1) is 0 Å². The average Bonchev–Trinajstić information content (AvgIpc) is 3.09. The van der Waals surface area contributed by atoms with E-state index in [2.05, 4.69) is 43.6 Å². The monoisotopic (exact) mass is 421 g/mol. The number of carbonyl (C=O) groups is 1. The summed E-state index contributed by atoms with van der Waals surface area (Å²) in [5, 5.41) is 0. The van der Waals surface area contributed by atoms with Crippen molar-refractivity contribution in [2.24, 2.45) is 5.73 Å². The van der Waals surface area contributed by atoms with Gasteiger partial charge in [-0.1, -0.05) is 13.0 Å². The third-order valence-corrected chi connectivity index (χ3v) is 6.07. The summed E-state index contributed by atoms with van der Waals surface area (Å²) < 4.78 is 0. The highest BCUT2D eigenvalue weighted by Gasteiger charge is 2.15. The highest BCUT2D eigenvalue weighted by atomic mass is 16.1. The van der Waals surface area contributed by atoms with Gasteiger partial charge in [0.15, 0.2) is 0 Å². The molecule has 164 valence electrons. The van der Waals surface area contributed by atoms with E-state index in [1.807, 2.05) is 24.4 Å². The van der Waals surface area contributed by atoms with Gasteiger partial charge in [-0.25, -0.2) is 9.97 Å². The number of nitrogens with zero attached hydrogens (tertiary/aromatic N) is 5. The molecular formula is C23H31N7O.